The van der Waals surface area contributed by atoms with Gasteiger partial charge in [0.25, 0.3) is 5.92 Å². The van der Waals surface area contributed by atoms with Crippen molar-refractivity contribution in [1.82, 2.24) is 9.97 Å². The zero-order valence-electron chi connectivity index (χ0n) is 9.74. The van der Waals surface area contributed by atoms with Gasteiger partial charge in [-0.2, -0.15) is 4.98 Å². The van der Waals surface area contributed by atoms with Gasteiger partial charge in [-0.1, -0.05) is 0 Å². The lowest BCUT2D eigenvalue weighted by molar-refractivity contribution is 0.00627. The van der Waals surface area contributed by atoms with Crippen LogP contribution in [0.4, 0.5) is 8.78 Å². The minimum absolute atomic E-state index is 0.162. The maximum atomic E-state index is 13.4. The van der Waals surface area contributed by atoms with Crippen LogP contribution >= 0.6 is 11.6 Å². The Labute approximate surface area is 108 Å². The van der Waals surface area contributed by atoms with Crippen LogP contribution in [0.5, 0.6) is 5.88 Å². The van der Waals surface area contributed by atoms with Gasteiger partial charge in [0.15, 0.2) is 0 Å². The van der Waals surface area contributed by atoms with Crippen molar-refractivity contribution >= 4 is 11.6 Å². The maximum absolute atomic E-state index is 13.4. The van der Waals surface area contributed by atoms with Gasteiger partial charge in [-0.25, -0.2) is 13.8 Å². The quantitative estimate of drug-likeness (QED) is 0.863. The molecule has 0 bridgehead atoms. The predicted molar refractivity (Wildman–Crippen MR) is 60.9 cm³/mol. The first-order valence-corrected chi connectivity index (χ1v) is 6.01. The van der Waals surface area contributed by atoms with E-state index < -0.39 is 23.7 Å². The normalized spacial score (nSPS) is 24.3. The first-order valence-electron chi connectivity index (χ1n) is 5.63. The number of aliphatic hydroxyl groups is 1. The molecule has 2 atom stereocenters. The molecule has 1 aliphatic rings. The zero-order valence-corrected chi connectivity index (χ0v) is 10.5. The standard InChI is InChI=1S/C11H13ClF2N2O2/c1-11(13,14)6-5-15-10(12)16-9(6)18-8-4-2-3-7(8)17/h5,7-8,17H,2-4H2,1H3/t7-,8?/m1/s1. The molecule has 2 rings (SSSR count). The number of aliphatic hydroxyl groups excluding tert-OH is 1. The third-order valence-electron chi connectivity index (χ3n) is 2.88. The number of nitrogens with zero attached hydrogens (tertiary/aromatic N) is 2. The van der Waals surface area contributed by atoms with Gasteiger partial charge in [-0.3, -0.25) is 0 Å². The van der Waals surface area contributed by atoms with E-state index in [4.69, 9.17) is 16.3 Å². The maximum Gasteiger partial charge on any atom is 0.277 e. The largest absolute Gasteiger partial charge is 0.471 e. The number of alkyl halides is 2. The van der Waals surface area contributed by atoms with Crippen molar-refractivity contribution in [3.63, 3.8) is 0 Å². The first-order chi connectivity index (χ1) is 8.38. The van der Waals surface area contributed by atoms with E-state index in [0.717, 1.165) is 19.5 Å². The minimum atomic E-state index is -3.12. The fourth-order valence-electron chi connectivity index (χ4n) is 1.92. The van der Waals surface area contributed by atoms with Crippen LogP contribution in [-0.2, 0) is 5.92 Å². The molecule has 1 aliphatic carbocycles. The molecule has 1 aromatic heterocycles. The van der Waals surface area contributed by atoms with Crippen LogP contribution in [0.25, 0.3) is 0 Å². The number of halogens is 3. The van der Waals surface area contributed by atoms with Crippen LogP contribution in [0.1, 0.15) is 31.7 Å². The summed E-state index contributed by atoms with van der Waals surface area (Å²) in [7, 11) is 0. The Morgan fingerprint density at radius 1 is 1.50 bits per heavy atom. The SMILES string of the molecule is CC(F)(F)c1cnc(Cl)nc1OC1CCC[C@H]1O. The van der Waals surface area contributed by atoms with Crippen molar-refractivity contribution < 1.29 is 18.6 Å². The van der Waals surface area contributed by atoms with Crippen LogP contribution in [0.3, 0.4) is 0 Å². The van der Waals surface area contributed by atoms with Gasteiger partial charge in [-0.05, 0) is 30.9 Å². The Morgan fingerprint density at radius 2 is 2.22 bits per heavy atom. The fraction of sp³-hybridized carbons (Fsp3) is 0.636. The van der Waals surface area contributed by atoms with E-state index >= 15 is 0 Å². The predicted octanol–water partition coefficient (Wildman–Crippen LogP) is 2.53. The third-order valence-corrected chi connectivity index (χ3v) is 3.06. The van der Waals surface area contributed by atoms with Crippen LogP contribution in [-0.4, -0.2) is 27.3 Å². The van der Waals surface area contributed by atoms with E-state index in [9.17, 15) is 13.9 Å². The molecule has 1 aromatic rings. The lowest BCUT2D eigenvalue weighted by Gasteiger charge is -2.20. The lowest BCUT2D eigenvalue weighted by Crippen LogP contribution is -2.27. The molecule has 0 saturated heterocycles. The Hall–Kier alpha value is -1.01. The molecule has 100 valence electrons. The van der Waals surface area contributed by atoms with Crippen molar-refractivity contribution in [1.29, 1.82) is 0 Å². The van der Waals surface area contributed by atoms with Gasteiger partial charge in [0, 0.05) is 13.1 Å². The summed E-state index contributed by atoms with van der Waals surface area (Å²) in [6, 6.07) is 0. The smallest absolute Gasteiger partial charge is 0.277 e. The second-order valence-corrected chi connectivity index (χ2v) is 4.74. The summed E-state index contributed by atoms with van der Waals surface area (Å²) < 4.78 is 32.1. The Kier molecular flexibility index (Phi) is 3.68. The molecule has 0 aromatic carbocycles. The molecule has 1 heterocycles. The second kappa shape index (κ2) is 4.93. The van der Waals surface area contributed by atoms with Crippen molar-refractivity contribution in [3.8, 4) is 5.88 Å². The van der Waals surface area contributed by atoms with Crippen LogP contribution in [0, 0.1) is 0 Å². The first kappa shape index (κ1) is 13.4. The van der Waals surface area contributed by atoms with Crippen LogP contribution < -0.4 is 4.74 Å². The number of hydrogen-bond donors (Lipinski definition) is 1. The second-order valence-electron chi connectivity index (χ2n) is 4.40. The molecule has 7 heteroatoms. The summed E-state index contributed by atoms with van der Waals surface area (Å²) in [4.78, 5) is 7.21. The van der Waals surface area contributed by atoms with Gasteiger partial charge < -0.3 is 9.84 Å². The lowest BCUT2D eigenvalue weighted by atomic mass is 10.2. The highest BCUT2D eigenvalue weighted by Gasteiger charge is 2.34. The number of hydrogen-bond acceptors (Lipinski definition) is 4. The monoisotopic (exact) mass is 278 g/mol. The summed E-state index contributed by atoms with van der Waals surface area (Å²) in [6.45, 7) is 0.734. The zero-order chi connectivity index (χ0) is 13.3. The summed E-state index contributed by atoms with van der Waals surface area (Å²) in [5.41, 5.74) is -0.425. The molecule has 1 unspecified atom stereocenters. The highest BCUT2D eigenvalue weighted by atomic mass is 35.5. The van der Waals surface area contributed by atoms with Crippen LogP contribution in [0.2, 0.25) is 5.28 Å². The molecule has 4 nitrogen and oxygen atoms in total. The van der Waals surface area contributed by atoms with Gasteiger partial charge >= 0.3 is 0 Å². The van der Waals surface area contributed by atoms with E-state index in [-0.39, 0.29) is 11.2 Å². The van der Waals surface area contributed by atoms with Crippen molar-refractivity contribution in [3.05, 3.63) is 17.0 Å². The minimum Gasteiger partial charge on any atom is -0.471 e. The van der Waals surface area contributed by atoms with E-state index in [0.29, 0.717) is 12.8 Å². The number of rotatable bonds is 3. The topological polar surface area (TPSA) is 55.2 Å². The van der Waals surface area contributed by atoms with Gasteiger partial charge in [0.2, 0.25) is 11.2 Å². The summed E-state index contributed by atoms with van der Waals surface area (Å²) in [5, 5.41) is 9.46. The summed E-state index contributed by atoms with van der Waals surface area (Å²) in [5.74, 6) is -3.38. The highest BCUT2D eigenvalue weighted by Crippen LogP contribution is 2.35. The van der Waals surface area contributed by atoms with E-state index in [2.05, 4.69) is 9.97 Å². The molecule has 0 aliphatic heterocycles. The highest BCUT2D eigenvalue weighted by molar-refractivity contribution is 6.28. The Balaban J connectivity index is 2.28. The molecule has 0 radical (unpaired) electrons. The molecular formula is C11H13ClF2N2O2. The van der Waals surface area contributed by atoms with Gasteiger partial charge in [-0.15, -0.1) is 0 Å². The molecular weight excluding hydrogens is 266 g/mol. The van der Waals surface area contributed by atoms with Crippen molar-refractivity contribution in [2.75, 3.05) is 0 Å². The number of ether oxygens (including phenoxy) is 1. The molecule has 1 fully saturated rings. The molecule has 1 N–H and O–H groups in total. The Bertz CT molecular complexity index is 440. The molecule has 1 saturated carbocycles. The summed E-state index contributed by atoms with van der Waals surface area (Å²) >= 11 is 5.58. The van der Waals surface area contributed by atoms with Gasteiger partial charge in [0.05, 0.1) is 6.10 Å². The van der Waals surface area contributed by atoms with Gasteiger partial charge in [0.1, 0.15) is 11.7 Å². The molecule has 0 amide bonds. The average molecular weight is 279 g/mol. The van der Waals surface area contributed by atoms with Crippen LogP contribution in [0.15, 0.2) is 6.20 Å². The average Bonchev–Trinajstić information content (AvgIpc) is 2.62. The van der Waals surface area contributed by atoms with E-state index in [1.807, 2.05) is 0 Å². The molecule has 0 spiro atoms. The van der Waals surface area contributed by atoms with Crippen molar-refractivity contribution in [2.24, 2.45) is 0 Å². The third kappa shape index (κ3) is 2.87. The summed E-state index contributed by atoms with van der Waals surface area (Å²) in [6.07, 6.45) is 1.78. The molecule has 18 heavy (non-hydrogen) atoms. The number of aromatic nitrogens is 2. The van der Waals surface area contributed by atoms with E-state index in [1.165, 1.54) is 0 Å². The van der Waals surface area contributed by atoms with E-state index in [1.54, 1.807) is 0 Å². The fourth-order valence-corrected chi connectivity index (χ4v) is 2.05. The Morgan fingerprint density at radius 3 is 2.78 bits per heavy atom. The van der Waals surface area contributed by atoms with Crippen molar-refractivity contribution in [2.45, 2.75) is 44.3 Å².